The van der Waals surface area contributed by atoms with Crippen molar-refractivity contribution < 1.29 is 9.53 Å². The van der Waals surface area contributed by atoms with Crippen LogP contribution in [0.3, 0.4) is 0 Å². The van der Waals surface area contributed by atoms with Crippen LogP contribution in [0.25, 0.3) is 0 Å². The maximum atomic E-state index is 10.3. The lowest BCUT2D eigenvalue weighted by molar-refractivity contribution is 0.132. The molecule has 10 heavy (non-hydrogen) atoms. The Morgan fingerprint density at radius 1 is 1.70 bits per heavy atom. The lowest BCUT2D eigenvalue weighted by Crippen LogP contribution is -2.49. The number of carbonyl (C=O) groups excluding carboxylic acids is 1. The van der Waals surface area contributed by atoms with Crippen molar-refractivity contribution in [3.8, 4) is 0 Å². The van der Waals surface area contributed by atoms with Crippen LogP contribution in [-0.4, -0.2) is 25.3 Å². The van der Waals surface area contributed by atoms with Crippen molar-refractivity contribution in [1.29, 1.82) is 0 Å². The fourth-order valence-corrected chi connectivity index (χ4v) is 0.730. The van der Waals surface area contributed by atoms with Gasteiger partial charge in [-0.05, 0) is 13.8 Å². The molecule has 0 aliphatic rings. The van der Waals surface area contributed by atoms with Gasteiger partial charge in [0.1, 0.15) is 0 Å². The molecule has 0 saturated carbocycles. The van der Waals surface area contributed by atoms with Crippen molar-refractivity contribution in [2.24, 2.45) is 5.73 Å². The van der Waals surface area contributed by atoms with E-state index in [4.69, 9.17) is 10.5 Å². The van der Waals surface area contributed by atoms with Crippen LogP contribution in [0, 0.1) is 0 Å². The molecule has 0 aromatic rings. The topological polar surface area (TPSA) is 64.3 Å². The number of primary amides is 1. The zero-order valence-corrected chi connectivity index (χ0v) is 6.60. The molecule has 3 N–H and O–H groups in total. The van der Waals surface area contributed by atoms with E-state index in [1.165, 1.54) is 0 Å². The Bertz CT molecular complexity index is 123. The molecule has 4 heteroatoms. The number of nitrogens with one attached hydrogen (secondary N) is 1. The van der Waals surface area contributed by atoms with Crippen LogP contribution in [0.2, 0.25) is 0 Å². The van der Waals surface area contributed by atoms with Crippen LogP contribution in [0.1, 0.15) is 13.8 Å². The van der Waals surface area contributed by atoms with Gasteiger partial charge in [-0.15, -0.1) is 0 Å². The van der Waals surface area contributed by atoms with Crippen LogP contribution in [0.5, 0.6) is 0 Å². The maximum Gasteiger partial charge on any atom is 0.312 e. The number of nitrogens with two attached hydrogens (primary N) is 1. The van der Waals surface area contributed by atoms with E-state index in [0.29, 0.717) is 6.61 Å². The van der Waals surface area contributed by atoms with Crippen LogP contribution < -0.4 is 11.1 Å². The molecule has 0 aliphatic heterocycles. The fraction of sp³-hybridized carbons (Fsp3) is 0.833. The molecule has 0 rings (SSSR count). The first kappa shape index (κ1) is 9.23. The maximum absolute atomic E-state index is 10.3. The highest BCUT2D eigenvalue weighted by molar-refractivity contribution is 5.72. The van der Waals surface area contributed by atoms with Gasteiger partial charge in [0, 0.05) is 7.11 Å². The molecule has 0 aromatic carbocycles. The predicted molar refractivity (Wildman–Crippen MR) is 38.7 cm³/mol. The average molecular weight is 146 g/mol. The highest BCUT2D eigenvalue weighted by Crippen LogP contribution is 2.00. The second-order valence-corrected chi connectivity index (χ2v) is 2.81. The molecule has 0 aliphatic carbocycles. The van der Waals surface area contributed by atoms with Crippen LogP contribution in [0.4, 0.5) is 4.79 Å². The second-order valence-electron chi connectivity index (χ2n) is 2.81. The molecule has 0 spiro atoms. The number of hydrogen-bond acceptors (Lipinski definition) is 2. The van der Waals surface area contributed by atoms with Crippen LogP contribution in [0.15, 0.2) is 0 Å². The van der Waals surface area contributed by atoms with Crippen molar-refractivity contribution in [2.75, 3.05) is 13.7 Å². The molecular formula is C6H14N2O2. The van der Waals surface area contributed by atoms with Crippen molar-refractivity contribution in [3.63, 3.8) is 0 Å². The van der Waals surface area contributed by atoms with Gasteiger partial charge in [-0.1, -0.05) is 0 Å². The number of hydrogen-bond donors (Lipinski definition) is 2. The van der Waals surface area contributed by atoms with E-state index < -0.39 is 6.03 Å². The van der Waals surface area contributed by atoms with E-state index in [2.05, 4.69) is 5.32 Å². The number of methoxy groups -OCH3 is 1. The summed E-state index contributed by atoms with van der Waals surface area (Å²) in [6, 6.07) is -0.526. The molecular weight excluding hydrogens is 132 g/mol. The van der Waals surface area contributed by atoms with Gasteiger partial charge in [-0.2, -0.15) is 0 Å². The van der Waals surface area contributed by atoms with Gasteiger partial charge in [0.2, 0.25) is 0 Å². The first-order valence-electron chi connectivity index (χ1n) is 3.04. The average Bonchev–Trinajstić information content (AvgIpc) is 1.59. The largest absolute Gasteiger partial charge is 0.382 e. The third-order valence-corrected chi connectivity index (χ3v) is 0.967. The summed E-state index contributed by atoms with van der Waals surface area (Å²) in [7, 11) is 1.57. The van der Waals surface area contributed by atoms with Crippen molar-refractivity contribution in [2.45, 2.75) is 19.4 Å². The third kappa shape index (κ3) is 4.14. The minimum Gasteiger partial charge on any atom is -0.382 e. The molecule has 0 unspecified atom stereocenters. The van der Waals surface area contributed by atoms with Crippen LogP contribution in [-0.2, 0) is 4.74 Å². The molecule has 60 valence electrons. The number of amides is 2. The summed E-state index contributed by atoms with van der Waals surface area (Å²) in [4.78, 5) is 10.3. The van der Waals surface area contributed by atoms with Gasteiger partial charge >= 0.3 is 6.03 Å². The minimum absolute atomic E-state index is 0.374. The van der Waals surface area contributed by atoms with E-state index in [0.717, 1.165) is 0 Å². The molecule has 0 saturated heterocycles. The summed E-state index contributed by atoms with van der Waals surface area (Å²) in [5.41, 5.74) is 4.53. The third-order valence-electron chi connectivity index (χ3n) is 0.967. The number of rotatable bonds is 3. The Kier molecular flexibility index (Phi) is 3.15. The van der Waals surface area contributed by atoms with Gasteiger partial charge in [0.25, 0.3) is 0 Å². The summed E-state index contributed by atoms with van der Waals surface area (Å²) in [6.07, 6.45) is 0. The molecule has 0 radical (unpaired) electrons. The van der Waals surface area contributed by atoms with Gasteiger partial charge in [-0.25, -0.2) is 4.79 Å². The standard InChI is InChI=1S/C6H14N2O2/c1-6(2,4-10-3)8-5(7)9/h4H2,1-3H3,(H3,7,8,9). The Morgan fingerprint density at radius 3 is 2.50 bits per heavy atom. The molecule has 0 bridgehead atoms. The molecule has 2 amide bonds. The lowest BCUT2D eigenvalue weighted by Gasteiger charge is -2.23. The van der Waals surface area contributed by atoms with E-state index in [1.807, 2.05) is 13.8 Å². The normalized spacial score (nSPS) is 11.1. The van der Waals surface area contributed by atoms with E-state index in [-0.39, 0.29) is 5.54 Å². The van der Waals surface area contributed by atoms with Crippen LogP contribution >= 0.6 is 0 Å². The first-order chi connectivity index (χ1) is 4.48. The van der Waals surface area contributed by atoms with Crippen molar-refractivity contribution >= 4 is 6.03 Å². The second kappa shape index (κ2) is 3.41. The number of ether oxygens (including phenoxy) is 1. The molecule has 0 fully saturated rings. The quantitative estimate of drug-likeness (QED) is 0.592. The van der Waals surface area contributed by atoms with E-state index in [9.17, 15) is 4.79 Å². The van der Waals surface area contributed by atoms with Gasteiger partial charge in [0.15, 0.2) is 0 Å². The Labute approximate surface area is 60.7 Å². The van der Waals surface area contributed by atoms with E-state index >= 15 is 0 Å². The van der Waals surface area contributed by atoms with Gasteiger partial charge in [-0.3, -0.25) is 0 Å². The number of carbonyl (C=O) groups is 1. The Morgan fingerprint density at radius 2 is 2.20 bits per heavy atom. The number of urea groups is 1. The minimum atomic E-state index is -0.526. The van der Waals surface area contributed by atoms with Crippen molar-refractivity contribution in [3.05, 3.63) is 0 Å². The Hall–Kier alpha value is -0.770. The molecule has 0 heterocycles. The summed E-state index contributed by atoms with van der Waals surface area (Å²) in [5.74, 6) is 0. The van der Waals surface area contributed by atoms with Crippen molar-refractivity contribution in [1.82, 2.24) is 5.32 Å². The predicted octanol–water partition coefficient (Wildman–Crippen LogP) is 0.0797. The monoisotopic (exact) mass is 146 g/mol. The van der Waals surface area contributed by atoms with Gasteiger partial charge in [0.05, 0.1) is 12.1 Å². The highest BCUT2D eigenvalue weighted by Gasteiger charge is 2.17. The van der Waals surface area contributed by atoms with E-state index in [1.54, 1.807) is 7.11 Å². The first-order valence-corrected chi connectivity index (χ1v) is 3.04. The zero-order chi connectivity index (χ0) is 8.20. The Balaban J connectivity index is 3.74. The lowest BCUT2D eigenvalue weighted by atomic mass is 10.1. The smallest absolute Gasteiger partial charge is 0.312 e. The summed E-state index contributed by atoms with van der Waals surface area (Å²) >= 11 is 0. The van der Waals surface area contributed by atoms with Gasteiger partial charge < -0.3 is 15.8 Å². The zero-order valence-electron chi connectivity index (χ0n) is 6.60. The summed E-state index contributed by atoms with van der Waals surface area (Å²) in [5, 5.41) is 2.53. The fourth-order valence-electron chi connectivity index (χ4n) is 0.730. The SMILES string of the molecule is COCC(C)(C)NC(N)=O. The molecule has 0 aromatic heterocycles. The molecule has 4 nitrogen and oxygen atoms in total. The molecule has 0 atom stereocenters. The summed E-state index contributed by atoms with van der Waals surface area (Å²) < 4.78 is 4.84. The summed E-state index contributed by atoms with van der Waals surface area (Å²) in [6.45, 7) is 4.12. The highest BCUT2D eigenvalue weighted by atomic mass is 16.5.